The Hall–Kier alpha value is -2.13. The molecule has 0 aromatic heterocycles. The molecule has 2 aromatic carbocycles. The van der Waals surface area contributed by atoms with Gasteiger partial charge in [0.1, 0.15) is 0 Å². The van der Waals surface area contributed by atoms with E-state index in [1.165, 1.54) is 0 Å². The third-order valence-corrected chi connectivity index (χ3v) is 3.65. The molecule has 1 unspecified atom stereocenters. The largest absolute Gasteiger partial charge is 0.464 e. The van der Waals surface area contributed by atoms with Crippen LogP contribution in [0.5, 0.6) is 0 Å². The fourth-order valence-corrected chi connectivity index (χ4v) is 2.63. The van der Waals surface area contributed by atoms with Gasteiger partial charge in [0.2, 0.25) is 0 Å². The second kappa shape index (κ2) is 9.11. The molecule has 0 amide bonds. The van der Waals surface area contributed by atoms with Crippen molar-refractivity contribution in [3.63, 3.8) is 0 Å². The van der Waals surface area contributed by atoms with Crippen LogP contribution < -0.4 is 0 Å². The zero-order valence-corrected chi connectivity index (χ0v) is 13.8. The van der Waals surface area contributed by atoms with Gasteiger partial charge in [-0.1, -0.05) is 67.6 Å². The van der Waals surface area contributed by atoms with Gasteiger partial charge in [0, 0.05) is 12.5 Å². The molecule has 0 saturated heterocycles. The molecule has 0 radical (unpaired) electrons. The summed E-state index contributed by atoms with van der Waals surface area (Å²) in [7, 11) is 0. The van der Waals surface area contributed by atoms with E-state index >= 15 is 0 Å². The Morgan fingerprint density at radius 1 is 0.913 bits per heavy atom. The molecule has 2 aromatic rings. The maximum Gasteiger partial charge on any atom is 0.336 e. The smallest absolute Gasteiger partial charge is 0.336 e. The van der Waals surface area contributed by atoms with Gasteiger partial charge in [0.25, 0.3) is 0 Å². The molecule has 1 atom stereocenters. The molecule has 0 aliphatic rings. The third-order valence-electron chi connectivity index (χ3n) is 3.65. The number of carbonyl (C=O) groups excluding carboxylic acids is 1. The molecule has 0 fully saturated rings. The normalized spacial score (nSPS) is 12.1. The summed E-state index contributed by atoms with van der Waals surface area (Å²) in [5, 5.41) is 0. The molecule has 0 bridgehead atoms. The van der Waals surface area contributed by atoms with E-state index in [1.54, 1.807) is 0 Å². The van der Waals surface area contributed by atoms with Crippen LogP contribution in [0.3, 0.4) is 0 Å². The van der Waals surface area contributed by atoms with Gasteiger partial charge >= 0.3 is 5.97 Å². The lowest BCUT2D eigenvalue weighted by Gasteiger charge is -2.26. The zero-order valence-electron chi connectivity index (χ0n) is 13.8. The maximum absolute atomic E-state index is 12.5. The van der Waals surface area contributed by atoms with E-state index in [0.717, 1.165) is 17.5 Å². The van der Waals surface area contributed by atoms with Gasteiger partial charge in [-0.2, -0.15) is 0 Å². The summed E-state index contributed by atoms with van der Waals surface area (Å²) < 4.78 is 11.2. The lowest BCUT2D eigenvalue weighted by Crippen LogP contribution is -2.34. The maximum atomic E-state index is 12.5. The highest BCUT2D eigenvalue weighted by Gasteiger charge is 2.32. The molecular formula is C20H24O3. The molecule has 122 valence electrons. The monoisotopic (exact) mass is 312 g/mol. The van der Waals surface area contributed by atoms with Crippen molar-refractivity contribution >= 4 is 5.97 Å². The van der Waals surface area contributed by atoms with Crippen LogP contribution in [-0.4, -0.2) is 25.3 Å². The minimum atomic E-state index is -0.642. The highest BCUT2D eigenvalue weighted by atomic mass is 16.6. The van der Waals surface area contributed by atoms with Crippen molar-refractivity contribution in [2.45, 2.75) is 32.3 Å². The van der Waals surface area contributed by atoms with Crippen LogP contribution in [0.15, 0.2) is 60.7 Å². The quantitative estimate of drug-likeness (QED) is 0.686. The van der Waals surface area contributed by atoms with E-state index in [1.807, 2.05) is 74.5 Å². The summed E-state index contributed by atoms with van der Waals surface area (Å²) in [4.78, 5) is 12.5. The van der Waals surface area contributed by atoms with Crippen LogP contribution in [0.4, 0.5) is 0 Å². The van der Waals surface area contributed by atoms with E-state index in [9.17, 15) is 4.79 Å². The van der Waals surface area contributed by atoms with Crippen molar-refractivity contribution < 1.29 is 14.3 Å². The highest BCUT2D eigenvalue weighted by molar-refractivity contribution is 5.77. The van der Waals surface area contributed by atoms with Crippen molar-refractivity contribution in [1.82, 2.24) is 0 Å². The molecule has 0 aliphatic carbocycles. The summed E-state index contributed by atoms with van der Waals surface area (Å²) in [6, 6.07) is 19.9. The van der Waals surface area contributed by atoms with Crippen molar-refractivity contribution in [3.8, 4) is 0 Å². The van der Waals surface area contributed by atoms with Gasteiger partial charge in [-0.05, 0) is 24.5 Å². The van der Waals surface area contributed by atoms with Crippen LogP contribution >= 0.6 is 0 Å². The first-order valence-corrected chi connectivity index (χ1v) is 8.16. The molecule has 0 aliphatic heterocycles. The van der Waals surface area contributed by atoms with E-state index in [2.05, 4.69) is 0 Å². The SMILES string of the molecule is CCCOC(=O)C(OCC)C(c1ccccc1)c1ccccc1. The Balaban J connectivity index is 2.39. The molecule has 3 heteroatoms. The topological polar surface area (TPSA) is 35.5 Å². The summed E-state index contributed by atoms with van der Waals surface area (Å²) in [5.74, 6) is -0.479. The van der Waals surface area contributed by atoms with Gasteiger partial charge in [0.15, 0.2) is 6.10 Å². The van der Waals surface area contributed by atoms with E-state index in [0.29, 0.717) is 13.2 Å². The third kappa shape index (κ3) is 4.67. The zero-order chi connectivity index (χ0) is 16.5. The predicted molar refractivity (Wildman–Crippen MR) is 91.4 cm³/mol. The second-order valence-electron chi connectivity index (χ2n) is 5.34. The molecule has 23 heavy (non-hydrogen) atoms. The molecule has 0 spiro atoms. The first-order valence-electron chi connectivity index (χ1n) is 8.16. The first kappa shape index (κ1) is 17.2. The molecule has 3 nitrogen and oxygen atoms in total. The molecular weight excluding hydrogens is 288 g/mol. The Labute approximate surface area is 138 Å². The Morgan fingerprint density at radius 3 is 1.87 bits per heavy atom. The average Bonchev–Trinajstić information content (AvgIpc) is 2.61. The number of carbonyl (C=O) groups is 1. The highest BCUT2D eigenvalue weighted by Crippen LogP contribution is 2.30. The van der Waals surface area contributed by atoms with Gasteiger partial charge in [0.05, 0.1) is 6.61 Å². The van der Waals surface area contributed by atoms with E-state index in [-0.39, 0.29) is 11.9 Å². The average molecular weight is 312 g/mol. The number of ether oxygens (including phenoxy) is 2. The summed E-state index contributed by atoms with van der Waals surface area (Å²) in [6.07, 6.45) is 0.155. The summed E-state index contributed by atoms with van der Waals surface area (Å²) >= 11 is 0. The van der Waals surface area contributed by atoms with E-state index < -0.39 is 6.10 Å². The van der Waals surface area contributed by atoms with Gasteiger partial charge in [-0.3, -0.25) is 0 Å². The predicted octanol–water partition coefficient (Wildman–Crippen LogP) is 4.18. The molecule has 0 saturated carbocycles. The fourth-order valence-electron chi connectivity index (χ4n) is 2.63. The van der Waals surface area contributed by atoms with Crippen molar-refractivity contribution in [2.24, 2.45) is 0 Å². The van der Waals surface area contributed by atoms with Crippen molar-refractivity contribution in [2.75, 3.05) is 13.2 Å². The Bertz CT molecular complexity index is 541. The standard InChI is InChI=1S/C20H24O3/c1-3-15-23-20(21)19(22-4-2)18(16-11-7-5-8-12-16)17-13-9-6-10-14-17/h5-14,18-19H,3-4,15H2,1-2H3. The van der Waals surface area contributed by atoms with Crippen molar-refractivity contribution in [1.29, 1.82) is 0 Å². The lowest BCUT2D eigenvalue weighted by atomic mass is 9.86. The summed E-state index contributed by atoms with van der Waals surface area (Å²) in [6.45, 7) is 4.75. The lowest BCUT2D eigenvalue weighted by molar-refractivity contribution is -0.158. The number of benzene rings is 2. The second-order valence-corrected chi connectivity index (χ2v) is 5.34. The number of hydrogen-bond donors (Lipinski definition) is 0. The fraction of sp³-hybridized carbons (Fsp3) is 0.350. The van der Waals surface area contributed by atoms with Crippen LogP contribution in [0, 0.1) is 0 Å². The molecule has 0 N–H and O–H groups in total. The van der Waals surface area contributed by atoms with Gasteiger partial charge < -0.3 is 9.47 Å². The van der Waals surface area contributed by atoms with Gasteiger partial charge in [-0.25, -0.2) is 4.79 Å². The minimum absolute atomic E-state index is 0.179. The molecule has 2 rings (SSSR count). The van der Waals surface area contributed by atoms with E-state index in [4.69, 9.17) is 9.47 Å². The number of hydrogen-bond acceptors (Lipinski definition) is 3. The minimum Gasteiger partial charge on any atom is -0.464 e. The first-order chi connectivity index (χ1) is 11.3. The summed E-state index contributed by atoms with van der Waals surface area (Å²) in [5.41, 5.74) is 2.09. The van der Waals surface area contributed by atoms with Crippen LogP contribution in [0.2, 0.25) is 0 Å². The van der Waals surface area contributed by atoms with Gasteiger partial charge in [-0.15, -0.1) is 0 Å². The Morgan fingerprint density at radius 2 is 1.43 bits per heavy atom. The van der Waals surface area contributed by atoms with Crippen LogP contribution in [0.1, 0.15) is 37.3 Å². The van der Waals surface area contributed by atoms with Crippen LogP contribution in [0.25, 0.3) is 0 Å². The number of rotatable bonds is 8. The Kier molecular flexibility index (Phi) is 6.82. The van der Waals surface area contributed by atoms with Crippen LogP contribution in [-0.2, 0) is 14.3 Å². The van der Waals surface area contributed by atoms with Crippen molar-refractivity contribution in [3.05, 3.63) is 71.8 Å². The number of esters is 1. The molecule has 0 heterocycles.